The standard InChI is InChI=1S/C14H11NO4.C8H7BrO2.C6H6BNO4/c1-19-14(16)12-6-2-4-10(8-12)11-5-3-7-13(9-11)15(17)18;1-11-8(10)6-3-2-4-7(9)5-6;9-7(10)5-2-1-3-6(4-5)8(11)12/h2-9H,1H3;2-5H,1H3;1-4,9-10H. The molecule has 0 aromatic heterocycles. The van der Waals surface area contributed by atoms with Crippen LogP contribution in [-0.2, 0) is 9.47 Å². The van der Waals surface area contributed by atoms with E-state index >= 15 is 0 Å². The summed E-state index contributed by atoms with van der Waals surface area (Å²) in [7, 11) is 1.01. The van der Waals surface area contributed by atoms with Crippen molar-refractivity contribution in [1.29, 1.82) is 0 Å². The largest absolute Gasteiger partial charge is 0.488 e. The van der Waals surface area contributed by atoms with Gasteiger partial charge in [0.25, 0.3) is 11.4 Å². The van der Waals surface area contributed by atoms with Crippen LogP contribution in [0, 0.1) is 20.2 Å². The molecule has 0 fully saturated rings. The van der Waals surface area contributed by atoms with Crippen molar-refractivity contribution in [2.24, 2.45) is 0 Å². The zero-order valence-electron chi connectivity index (χ0n) is 22.2. The van der Waals surface area contributed by atoms with Crippen molar-refractivity contribution in [2.75, 3.05) is 14.2 Å². The highest BCUT2D eigenvalue weighted by molar-refractivity contribution is 9.10. The summed E-state index contributed by atoms with van der Waals surface area (Å²) >= 11 is 3.25. The van der Waals surface area contributed by atoms with Gasteiger partial charge in [0.2, 0.25) is 0 Å². The maximum Gasteiger partial charge on any atom is 0.488 e. The molecule has 0 heterocycles. The van der Waals surface area contributed by atoms with Crippen LogP contribution >= 0.6 is 15.9 Å². The molecule has 14 heteroatoms. The van der Waals surface area contributed by atoms with E-state index in [4.69, 9.17) is 10.0 Å². The van der Waals surface area contributed by atoms with E-state index in [1.165, 1.54) is 44.6 Å². The molecule has 0 radical (unpaired) electrons. The summed E-state index contributed by atoms with van der Waals surface area (Å²) in [6.45, 7) is 0. The molecule has 2 N–H and O–H groups in total. The van der Waals surface area contributed by atoms with Crippen molar-refractivity contribution in [3.05, 3.63) is 133 Å². The number of hydrogen-bond donors (Lipinski definition) is 2. The molecule has 0 aliphatic heterocycles. The Labute approximate surface area is 248 Å². The molecule has 0 saturated carbocycles. The van der Waals surface area contributed by atoms with E-state index in [1.807, 2.05) is 6.07 Å². The monoisotopic (exact) mass is 638 g/mol. The number of hydrogen-bond acceptors (Lipinski definition) is 10. The molecule has 12 nitrogen and oxygen atoms in total. The van der Waals surface area contributed by atoms with Gasteiger partial charge in [-0.2, -0.15) is 0 Å². The average molecular weight is 639 g/mol. The van der Waals surface area contributed by atoms with Crippen LogP contribution in [0.1, 0.15) is 20.7 Å². The van der Waals surface area contributed by atoms with Crippen LogP contribution < -0.4 is 5.46 Å². The number of rotatable bonds is 6. The SMILES string of the molecule is COC(=O)c1cccc(-c2cccc([N+](=O)[O-])c2)c1.COC(=O)c1cccc(Br)c1.O=[N+]([O-])c1cccc(B(O)O)c1. The smallest absolute Gasteiger partial charge is 0.465 e. The molecule has 0 unspecified atom stereocenters. The van der Waals surface area contributed by atoms with E-state index in [9.17, 15) is 29.8 Å². The topological polar surface area (TPSA) is 179 Å². The first-order valence-corrected chi connectivity index (χ1v) is 12.6. The summed E-state index contributed by atoms with van der Waals surface area (Å²) in [6, 6.07) is 25.3. The Morgan fingerprint density at radius 1 is 0.690 bits per heavy atom. The minimum atomic E-state index is -1.66. The molecule has 0 bridgehead atoms. The number of carbonyl (C=O) groups excluding carboxylic acids is 2. The van der Waals surface area contributed by atoms with Gasteiger partial charge in [-0.3, -0.25) is 20.2 Å². The molecule has 0 saturated heterocycles. The number of nitro benzene ring substituents is 2. The lowest BCUT2D eigenvalue weighted by Crippen LogP contribution is -2.29. The minimum absolute atomic E-state index is 0.0148. The van der Waals surface area contributed by atoms with Crippen LogP contribution in [0.15, 0.2) is 102 Å². The minimum Gasteiger partial charge on any atom is -0.465 e. The van der Waals surface area contributed by atoms with Crippen molar-refractivity contribution in [3.8, 4) is 11.1 Å². The molecule has 0 aliphatic rings. The first kappa shape index (κ1) is 33.3. The van der Waals surface area contributed by atoms with Crippen molar-refractivity contribution in [2.45, 2.75) is 0 Å². The number of methoxy groups -OCH3 is 2. The van der Waals surface area contributed by atoms with Crippen LogP contribution in [0.5, 0.6) is 0 Å². The molecule has 4 rings (SSSR count). The van der Waals surface area contributed by atoms with E-state index in [0.717, 1.165) is 16.1 Å². The number of nitrogens with zero attached hydrogens (tertiary/aromatic N) is 2. The maximum absolute atomic E-state index is 11.4. The highest BCUT2D eigenvalue weighted by Gasteiger charge is 2.14. The molecule has 0 amide bonds. The molecular formula is C28H24BBrN2O10. The van der Waals surface area contributed by atoms with Crippen LogP contribution in [0.3, 0.4) is 0 Å². The Morgan fingerprint density at radius 2 is 1.14 bits per heavy atom. The second-order valence-electron chi connectivity index (χ2n) is 8.11. The normalized spacial score (nSPS) is 9.64. The Kier molecular flexibility index (Phi) is 13.0. The number of halogens is 1. The van der Waals surface area contributed by atoms with Crippen LogP contribution in [0.4, 0.5) is 11.4 Å². The fourth-order valence-corrected chi connectivity index (χ4v) is 3.67. The molecule has 0 aliphatic carbocycles. The summed E-state index contributed by atoms with van der Waals surface area (Å²) in [5.74, 6) is -0.751. The van der Waals surface area contributed by atoms with Gasteiger partial charge in [0.15, 0.2) is 0 Å². The van der Waals surface area contributed by atoms with Gasteiger partial charge in [-0.25, -0.2) is 9.59 Å². The Bertz CT molecular complexity index is 1570. The highest BCUT2D eigenvalue weighted by Crippen LogP contribution is 2.24. The quantitative estimate of drug-likeness (QED) is 0.132. The van der Waals surface area contributed by atoms with Crippen molar-refractivity contribution >= 4 is 51.8 Å². The highest BCUT2D eigenvalue weighted by atomic mass is 79.9. The number of carbonyl (C=O) groups is 2. The van der Waals surface area contributed by atoms with Gasteiger partial charge in [-0.15, -0.1) is 0 Å². The molecule has 42 heavy (non-hydrogen) atoms. The van der Waals surface area contributed by atoms with Crippen molar-refractivity contribution in [1.82, 2.24) is 0 Å². The maximum atomic E-state index is 11.4. The molecule has 216 valence electrons. The fourth-order valence-electron chi connectivity index (χ4n) is 3.27. The van der Waals surface area contributed by atoms with Crippen LogP contribution in [0.25, 0.3) is 11.1 Å². The lowest BCUT2D eigenvalue weighted by molar-refractivity contribution is -0.385. The zero-order valence-corrected chi connectivity index (χ0v) is 23.8. The lowest BCUT2D eigenvalue weighted by Gasteiger charge is -2.04. The predicted octanol–water partition coefficient (Wildman–Crippen LogP) is 4.56. The number of non-ortho nitro benzene ring substituents is 2. The van der Waals surface area contributed by atoms with Crippen molar-refractivity contribution in [3.63, 3.8) is 0 Å². The molecule has 4 aromatic rings. The average Bonchev–Trinajstić information content (AvgIpc) is 3.01. The Hall–Kier alpha value is -4.92. The third-order valence-corrected chi connectivity index (χ3v) is 5.79. The van der Waals surface area contributed by atoms with E-state index in [2.05, 4.69) is 25.4 Å². The second-order valence-corrected chi connectivity index (χ2v) is 9.02. The van der Waals surface area contributed by atoms with Gasteiger partial charge in [-0.05, 0) is 46.9 Å². The Balaban J connectivity index is 0.000000233. The fraction of sp³-hybridized carbons (Fsp3) is 0.0714. The summed E-state index contributed by atoms with van der Waals surface area (Å²) < 4.78 is 10.0. The lowest BCUT2D eigenvalue weighted by atomic mass is 9.80. The third kappa shape index (κ3) is 10.2. The van der Waals surface area contributed by atoms with Gasteiger partial charge in [0, 0.05) is 28.7 Å². The molecule has 0 spiro atoms. The number of nitro groups is 2. The predicted molar refractivity (Wildman–Crippen MR) is 158 cm³/mol. The summed E-state index contributed by atoms with van der Waals surface area (Å²) in [5, 5.41) is 38.3. The van der Waals surface area contributed by atoms with Crippen LogP contribution in [0.2, 0.25) is 0 Å². The summed E-state index contributed by atoms with van der Waals surface area (Å²) in [4.78, 5) is 42.3. The van der Waals surface area contributed by atoms with Gasteiger partial charge >= 0.3 is 19.1 Å². The number of esters is 2. The first-order valence-electron chi connectivity index (χ1n) is 11.8. The first-order chi connectivity index (χ1) is 20.0. The van der Waals surface area contributed by atoms with Crippen molar-refractivity contribution < 1.29 is 39.0 Å². The van der Waals surface area contributed by atoms with Gasteiger partial charge in [0.1, 0.15) is 0 Å². The van der Waals surface area contributed by atoms with E-state index in [0.29, 0.717) is 16.7 Å². The number of ether oxygens (including phenoxy) is 2. The second kappa shape index (κ2) is 16.4. The van der Waals surface area contributed by atoms with Crippen LogP contribution in [-0.4, -0.2) is 53.2 Å². The zero-order chi connectivity index (χ0) is 31.2. The molecule has 0 atom stereocenters. The molecular weight excluding hydrogens is 615 g/mol. The third-order valence-electron chi connectivity index (χ3n) is 5.30. The molecule has 4 aromatic carbocycles. The summed E-state index contributed by atoms with van der Waals surface area (Å²) in [5.41, 5.74) is 2.35. The summed E-state index contributed by atoms with van der Waals surface area (Å²) in [6.07, 6.45) is 0. The Morgan fingerprint density at radius 3 is 1.64 bits per heavy atom. The van der Waals surface area contributed by atoms with Gasteiger partial charge in [0.05, 0.1) is 35.2 Å². The van der Waals surface area contributed by atoms with Gasteiger partial charge in [-0.1, -0.05) is 58.4 Å². The van der Waals surface area contributed by atoms with Gasteiger partial charge < -0.3 is 19.5 Å². The van der Waals surface area contributed by atoms with E-state index < -0.39 is 22.9 Å². The van der Waals surface area contributed by atoms with E-state index in [-0.39, 0.29) is 22.8 Å². The van der Waals surface area contributed by atoms with E-state index in [1.54, 1.807) is 54.6 Å². The number of benzene rings is 4.